The number of nitriles is 1. The van der Waals surface area contributed by atoms with Crippen molar-refractivity contribution in [3.8, 4) is 17.6 Å². The molecule has 1 N–H and O–H groups in total. The van der Waals surface area contributed by atoms with Crippen molar-refractivity contribution in [3.63, 3.8) is 0 Å². The van der Waals surface area contributed by atoms with Crippen molar-refractivity contribution in [1.82, 2.24) is 9.88 Å². The zero-order valence-electron chi connectivity index (χ0n) is 15.9. The number of benzene rings is 1. The Hall–Kier alpha value is -2.14. The van der Waals surface area contributed by atoms with Gasteiger partial charge in [0.15, 0.2) is 0 Å². The summed E-state index contributed by atoms with van der Waals surface area (Å²) in [6.45, 7) is 2.71. The molecule has 0 spiro atoms. The Bertz CT molecular complexity index is 830. The van der Waals surface area contributed by atoms with Gasteiger partial charge in [-0.05, 0) is 45.4 Å². The van der Waals surface area contributed by atoms with E-state index >= 15 is 0 Å². The molecule has 1 aliphatic carbocycles. The fourth-order valence-corrected chi connectivity index (χ4v) is 4.66. The first-order chi connectivity index (χ1) is 13.0. The number of thiazole rings is 1. The molecule has 0 bridgehead atoms. The molecule has 2 atom stereocenters. The van der Waals surface area contributed by atoms with Crippen molar-refractivity contribution >= 4 is 11.3 Å². The van der Waals surface area contributed by atoms with E-state index in [1.165, 1.54) is 10.6 Å². The molecule has 0 saturated heterocycles. The quantitative estimate of drug-likeness (QED) is 0.787. The third-order valence-corrected chi connectivity index (χ3v) is 5.86. The number of aliphatic hydroxyl groups excluding tert-OH is 1. The maximum absolute atomic E-state index is 10.4. The lowest BCUT2D eigenvalue weighted by Gasteiger charge is -2.32. The van der Waals surface area contributed by atoms with Crippen LogP contribution in [0.3, 0.4) is 0 Å². The fraction of sp³-hybridized carbons (Fsp3) is 0.500. The van der Waals surface area contributed by atoms with Crippen LogP contribution in [-0.4, -0.2) is 48.4 Å². The van der Waals surface area contributed by atoms with Crippen molar-refractivity contribution in [2.24, 2.45) is 0 Å². The Morgan fingerprint density at radius 3 is 2.93 bits per heavy atom. The van der Waals surface area contributed by atoms with Crippen LogP contribution >= 0.6 is 11.3 Å². The maximum atomic E-state index is 10.4. The number of aliphatic hydroxyl groups is 1. The number of likely N-dealkylation sites (N-methyl/N-ethyl adjacent to an activating group) is 1. The van der Waals surface area contributed by atoms with Gasteiger partial charge in [0.05, 0.1) is 29.4 Å². The second kappa shape index (κ2) is 8.70. The van der Waals surface area contributed by atoms with Gasteiger partial charge in [-0.2, -0.15) is 5.26 Å². The van der Waals surface area contributed by atoms with Crippen LogP contribution in [-0.2, 0) is 6.42 Å². The number of aryl methyl sites for hydroxylation is 2. The highest BCUT2D eigenvalue weighted by Crippen LogP contribution is 2.37. The molecule has 1 aliphatic rings. The third kappa shape index (κ3) is 4.78. The van der Waals surface area contributed by atoms with Crippen LogP contribution in [0.1, 0.15) is 40.0 Å². The van der Waals surface area contributed by atoms with E-state index < -0.39 is 6.10 Å². The molecule has 0 amide bonds. The second-order valence-electron chi connectivity index (χ2n) is 6.87. The molecule has 6 nitrogen and oxygen atoms in total. The highest BCUT2D eigenvalue weighted by atomic mass is 32.1. The van der Waals surface area contributed by atoms with Crippen molar-refractivity contribution in [1.29, 1.82) is 5.26 Å². The smallest absolute Gasteiger partial charge is 0.124 e. The number of hydrogen-bond donors (Lipinski definition) is 1. The first kappa shape index (κ1) is 19.6. The van der Waals surface area contributed by atoms with E-state index in [0.717, 1.165) is 24.3 Å². The van der Waals surface area contributed by atoms with Crippen LogP contribution < -0.4 is 9.47 Å². The van der Waals surface area contributed by atoms with Crippen LogP contribution in [0.2, 0.25) is 0 Å². The van der Waals surface area contributed by atoms with Crippen molar-refractivity contribution in [2.45, 2.75) is 38.3 Å². The maximum Gasteiger partial charge on any atom is 0.124 e. The molecule has 7 heteroatoms. The lowest BCUT2D eigenvalue weighted by atomic mass is 9.97. The van der Waals surface area contributed by atoms with E-state index in [9.17, 15) is 5.11 Å². The van der Waals surface area contributed by atoms with Gasteiger partial charge in [-0.3, -0.25) is 4.90 Å². The fourth-order valence-electron chi connectivity index (χ4n) is 3.48. The highest BCUT2D eigenvalue weighted by Gasteiger charge is 2.28. The minimum atomic E-state index is -0.633. The molecule has 1 aromatic carbocycles. The monoisotopic (exact) mass is 387 g/mol. The Morgan fingerprint density at radius 1 is 1.41 bits per heavy atom. The van der Waals surface area contributed by atoms with Gasteiger partial charge in [0.1, 0.15) is 24.2 Å². The molecule has 27 heavy (non-hydrogen) atoms. The number of aromatic nitrogens is 1. The van der Waals surface area contributed by atoms with Gasteiger partial charge in [0.2, 0.25) is 0 Å². The van der Waals surface area contributed by atoms with Gasteiger partial charge in [0.25, 0.3) is 0 Å². The summed E-state index contributed by atoms with van der Waals surface area (Å²) in [5.41, 5.74) is 1.68. The average Bonchev–Trinajstić information content (AvgIpc) is 3.05. The first-order valence-corrected chi connectivity index (χ1v) is 9.88. The van der Waals surface area contributed by atoms with E-state index in [2.05, 4.69) is 16.0 Å². The summed E-state index contributed by atoms with van der Waals surface area (Å²) in [4.78, 5) is 8.16. The van der Waals surface area contributed by atoms with Gasteiger partial charge in [-0.25, -0.2) is 4.98 Å². The molecular formula is C20H25N3O3S. The largest absolute Gasteiger partial charge is 0.497 e. The van der Waals surface area contributed by atoms with Crippen molar-refractivity contribution in [2.75, 3.05) is 27.3 Å². The molecule has 2 unspecified atom stereocenters. The zero-order chi connectivity index (χ0) is 19.4. The molecule has 144 valence electrons. The summed E-state index contributed by atoms with van der Waals surface area (Å²) in [6, 6.07) is 7.39. The molecule has 1 aromatic heterocycles. The van der Waals surface area contributed by atoms with E-state index in [4.69, 9.17) is 14.7 Å². The highest BCUT2D eigenvalue weighted by molar-refractivity contribution is 7.11. The number of ether oxygens (including phenoxy) is 2. The van der Waals surface area contributed by atoms with Crippen LogP contribution in [0.4, 0.5) is 0 Å². The van der Waals surface area contributed by atoms with Gasteiger partial charge in [-0.15, -0.1) is 11.3 Å². The average molecular weight is 388 g/mol. The molecule has 0 fully saturated rings. The van der Waals surface area contributed by atoms with Crippen LogP contribution in [0, 0.1) is 18.3 Å². The first-order valence-electron chi connectivity index (χ1n) is 9.06. The number of methoxy groups -OCH3 is 1. The lowest BCUT2D eigenvalue weighted by molar-refractivity contribution is 0.0603. The topological polar surface area (TPSA) is 78.6 Å². The van der Waals surface area contributed by atoms with Crippen LogP contribution in [0.5, 0.6) is 11.5 Å². The normalized spacial score (nSPS) is 17.3. The third-order valence-electron chi connectivity index (χ3n) is 4.75. The van der Waals surface area contributed by atoms with E-state index in [1.807, 2.05) is 14.0 Å². The van der Waals surface area contributed by atoms with Gasteiger partial charge < -0.3 is 14.6 Å². The summed E-state index contributed by atoms with van der Waals surface area (Å²) < 4.78 is 10.9. The summed E-state index contributed by atoms with van der Waals surface area (Å²) in [6.07, 6.45) is 2.62. The SMILES string of the molecule is COc1cc(C#N)cc(OCC(O)CN(C)C2CCCc3nc(C)sc32)c1. The summed E-state index contributed by atoms with van der Waals surface area (Å²) in [5.74, 6) is 1.08. The predicted molar refractivity (Wildman–Crippen MR) is 104 cm³/mol. The van der Waals surface area contributed by atoms with Gasteiger partial charge in [-0.1, -0.05) is 0 Å². The zero-order valence-corrected chi connectivity index (χ0v) is 16.8. The van der Waals surface area contributed by atoms with Crippen molar-refractivity contribution < 1.29 is 14.6 Å². The molecule has 3 rings (SSSR count). The summed E-state index contributed by atoms with van der Waals surface area (Å²) in [7, 11) is 3.58. The van der Waals surface area contributed by atoms with Gasteiger partial charge >= 0.3 is 0 Å². The summed E-state index contributed by atoms with van der Waals surface area (Å²) >= 11 is 1.76. The van der Waals surface area contributed by atoms with Gasteiger partial charge in [0, 0.05) is 23.5 Å². The molecule has 2 aromatic rings. The van der Waals surface area contributed by atoms with E-state index in [0.29, 0.717) is 29.6 Å². The lowest BCUT2D eigenvalue weighted by Crippen LogP contribution is -2.36. The Morgan fingerprint density at radius 2 is 2.19 bits per heavy atom. The van der Waals surface area contributed by atoms with E-state index in [1.54, 1.807) is 36.6 Å². The summed E-state index contributed by atoms with van der Waals surface area (Å²) in [5, 5.41) is 20.6. The second-order valence-corrected chi connectivity index (χ2v) is 8.10. The Balaban J connectivity index is 1.58. The molecular weight excluding hydrogens is 362 g/mol. The Kier molecular flexibility index (Phi) is 6.32. The minimum absolute atomic E-state index is 0.156. The number of rotatable bonds is 7. The van der Waals surface area contributed by atoms with Crippen LogP contribution in [0.15, 0.2) is 18.2 Å². The standard InChI is InChI=1S/C20H25N3O3S/c1-13-22-18-5-4-6-19(20(18)27-13)23(2)11-15(24)12-26-17-8-14(10-21)7-16(9-17)25-3/h7-9,15,19,24H,4-6,11-12H2,1-3H3. The van der Waals surface area contributed by atoms with Crippen LogP contribution in [0.25, 0.3) is 0 Å². The number of hydrogen-bond acceptors (Lipinski definition) is 7. The molecule has 0 radical (unpaired) electrons. The number of fused-ring (bicyclic) bond motifs is 1. The van der Waals surface area contributed by atoms with E-state index in [-0.39, 0.29) is 6.61 Å². The molecule has 1 heterocycles. The number of nitrogens with zero attached hydrogens (tertiary/aromatic N) is 3. The Labute approximate surface area is 164 Å². The molecule has 0 saturated carbocycles. The predicted octanol–water partition coefficient (Wildman–Crippen LogP) is 3.08. The minimum Gasteiger partial charge on any atom is -0.497 e. The van der Waals surface area contributed by atoms with Crippen molar-refractivity contribution in [3.05, 3.63) is 39.3 Å². The molecule has 0 aliphatic heterocycles.